The number of pyridine rings is 1. The molecule has 0 unspecified atom stereocenters. The first-order valence-electron chi connectivity index (χ1n) is 20.1. The van der Waals surface area contributed by atoms with E-state index in [-0.39, 0.29) is 21.1 Å². The normalized spacial score (nSPS) is 15.4. The van der Waals surface area contributed by atoms with E-state index in [1.807, 2.05) is 29.1 Å². The van der Waals surface area contributed by atoms with Crippen molar-refractivity contribution in [1.29, 1.82) is 0 Å². The fourth-order valence-corrected chi connectivity index (χ4v) is 9.68. The van der Waals surface area contributed by atoms with Crippen LogP contribution in [0.25, 0.3) is 44.4 Å². The molecule has 2 aliphatic carbocycles. The molecule has 4 aromatic carbocycles. The predicted octanol–water partition coefficient (Wildman–Crippen LogP) is 13.1. The first kappa shape index (κ1) is 37.5. The number of benzene rings is 4. The van der Waals surface area contributed by atoms with Crippen LogP contribution in [0.2, 0.25) is 0 Å². The number of hydrogen-bond acceptors (Lipinski definition) is 3. The Labute approximate surface area is 340 Å². The molecule has 2 aliphatic rings. The molecule has 282 valence electrons. The molecular weight excluding hydrogens is 856 g/mol. The van der Waals surface area contributed by atoms with Crippen molar-refractivity contribution in [1.82, 2.24) is 19.3 Å². The number of para-hydroxylation sites is 1. The number of rotatable bonds is 7. The minimum Gasteiger partial charge on any atom is -0.509 e. The van der Waals surface area contributed by atoms with Crippen LogP contribution in [0.3, 0.4) is 0 Å². The second kappa shape index (κ2) is 15.6. The molecule has 6 heteroatoms. The smallest absolute Gasteiger partial charge is 0.509 e. The van der Waals surface area contributed by atoms with Crippen LogP contribution in [0.4, 0.5) is 0 Å². The van der Waals surface area contributed by atoms with Gasteiger partial charge in [0.15, 0.2) is 0 Å². The maximum atomic E-state index is 6.59. The van der Waals surface area contributed by atoms with Crippen molar-refractivity contribution in [2.45, 2.75) is 111 Å². The third-order valence-electron chi connectivity index (χ3n) is 12.5. The van der Waals surface area contributed by atoms with E-state index in [2.05, 4.69) is 106 Å². The Morgan fingerprint density at radius 3 is 2.05 bits per heavy atom. The molecule has 0 radical (unpaired) electrons. The summed E-state index contributed by atoms with van der Waals surface area (Å²) in [6.45, 7) is 11.3. The van der Waals surface area contributed by atoms with E-state index in [1.165, 1.54) is 92.0 Å². The number of ether oxygens (including phenoxy) is 1. The molecule has 2 fully saturated rings. The zero-order valence-electron chi connectivity index (χ0n) is 32.7. The summed E-state index contributed by atoms with van der Waals surface area (Å²) < 4.78 is 10.8. The van der Waals surface area contributed by atoms with Crippen LogP contribution in [0.1, 0.15) is 115 Å². The maximum Gasteiger partial charge on any atom is 2.00 e. The van der Waals surface area contributed by atoms with Gasteiger partial charge in [0, 0.05) is 35.0 Å². The first-order chi connectivity index (χ1) is 26.3. The Morgan fingerprint density at radius 1 is 0.673 bits per heavy atom. The van der Waals surface area contributed by atoms with Crippen molar-refractivity contribution in [2.75, 3.05) is 0 Å². The van der Waals surface area contributed by atoms with Crippen LogP contribution < -0.4 is 4.74 Å². The molecule has 7 aromatic rings. The van der Waals surface area contributed by atoms with Gasteiger partial charge < -0.3 is 9.30 Å². The second-order valence-corrected chi connectivity index (χ2v) is 16.1. The molecule has 0 saturated heterocycles. The molecule has 0 aliphatic heterocycles. The Kier molecular flexibility index (Phi) is 10.6. The summed E-state index contributed by atoms with van der Waals surface area (Å²) in [7, 11) is 0. The van der Waals surface area contributed by atoms with Crippen LogP contribution in [0.5, 0.6) is 11.5 Å². The summed E-state index contributed by atoms with van der Waals surface area (Å²) in [4.78, 5) is 4.74. The van der Waals surface area contributed by atoms with E-state index < -0.39 is 0 Å². The molecule has 55 heavy (non-hydrogen) atoms. The number of fused-ring (bicyclic) bond motifs is 3. The van der Waals surface area contributed by atoms with Gasteiger partial charge in [-0.3, -0.25) is 4.68 Å². The van der Waals surface area contributed by atoms with Gasteiger partial charge in [-0.25, -0.2) is 4.98 Å². The molecule has 3 aromatic heterocycles. The van der Waals surface area contributed by atoms with Crippen molar-refractivity contribution in [3.05, 3.63) is 130 Å². The summed E-state index contributed by atoms with van der Waals surface area (Å²) in [6, 6.07) is 28.1. The molecule has 0 spiro atoms. The molecule has 0 N–H and O–H groups in total. The van der Waals surface area contributed by atoms with Gasteiger partial charge in [0.05, 0.1) is 6.20 Å². The Morgan fingerprint density at radius 2 is 1.36 bits per heavy atom. The molecule has 2 saturated carbocycles. The zero-order chi connectivity index (χ0) is 36.9. The van der Waals surface area contributed by atoms with Gasteiger partial charge in [0.2, 0.25) is 0 Å². The van der Waals surface area contributed by atoms with E-state index in [1.54, 1.807) is 11.1 Å². The molecule has 9 rings (SSSR count). The van der Waals surface area contributed by atoms with Gasteiger partial charge in [-0.05, 0) is 133 Å². The maximum absolute atomic E-state index is 6.59. The van der Waals surface area contributed by atoms with E-state index in [4.69, 9.17) is 14.8 Å². The first-order valence-corrected chi connectivity index (χ1v) is 20.1. The fourth-order valence-electron chi connectivity index (χ4n) is 9.68. The van der Waals surface area contributed by atoms with Crippen LogP contribution in [-0.2, 0) is 21.1 Å². The van der Waals surface area contributed by atoms with Crippen LogP contribution in [0.15, 0.2) is 79.3 Å². The van der Waals surface area contributed by atoms with Gasteiger partial charge in [-0.2, -0.15) is 16.7 Å². The minimum absolute atomic E-state index is 0. The average molecular weight is 906 g/mol. The standard InChI is InChI=1S/C49H50N4O.Pt/c1-31-22-23-50-46(26-31)53-44-19-13-12-18-42(44)43-21-20-40(28-45(43)53)54-41-25-32(2)24-39(27-41)52-30-38(29-51-52)49-47(36-14-8-6-9-15-36)34(4)33(3)35(5)48(49)37-16-10-7-11-17-37;/h12-13,18-26,29-30,36-37H,6-11,14-17H2,1-5H3;/q-2;+2. The van der Waals surface area contributed by atoms with Gasteiger partial charge >= 0.3 is 21.1 Å². The fraction of sp³-hybridized carbons (Fsp3) is 0.347. The molecule has 0 atom stereocenters. The van der Waals surface area contributed by atoms with Crippen LogP contribution in [-0.4, -0.2) is 19.3 Å². The van der Waals surface area contributed by atoms with Gasteiger partial charge in [0.25, 0.3) is 0 Å². The quantitative estimate of drug-likeness (QED) is 0.150. The van der Waals surface area contributed by atoms with Gasteiger partial charge in [-0.15, -0.1) is 35.7 Å². The summed E-state index contributed by atoms with van der Waals surface area (Å²) in [5.74, 6) is 3.36. The Bertz CT molecular complexity index is 2470. The van der Waals surface area contributed by atoms with Gasteiger partial charge in [-0.1, -0.05) is 69.2 Å². The largest absolute Gasteiger partial charge is 2.00 e. The predicted molar refractivity (Wildman–Crippen MR) is 221 cm³/mol. The summed E-state index contributed by atoms with van der Waals surface area (Å²) in [6.07, 6.45) is 19.4. The molecule has 5 nitrogen and oxygen atoms in total. The number of aryl methyl sites for hydroxylation is 2. The number of nitrogens with zero attached hydrogens (tertiary/aromatic N) is 4. The summed E-state index contributed by atoms with van der Waals surface area (Å²) in [5.41, 5.74) is 15.5. The number of aromatic nitrogens is 4. The van der Waals surface area contributed by atoms with Crippen molar-refractivity contribution in [2.24, 2.45) is 0 Å². The molecule has 0 amide bonds. The molecule has 3 heterocycles. The Hall–Kier alpha value is -4.47. The summed E-state index contributed by atoms with van der Waals surface area (Å²) in [5, 5.41) is 7.31. The van der Waals surface area contributed by atoms with E-state index in [0.717, 1.165) is 44.4 Å². The van der Waals surface area contributed by atoms with E-state index >= 15 is 0 Å². The average Bonchev–Trinajstić information content (AvgIpc) is 3.81. The van der Waals surface area contributed by atoms with Crippen molar-refractivity contribution in [3.63, 3.8) is 0 Å². The topological polar surface area (TPSA) is 44.9 Å². The second-order valence-electron chi connectivity index (χ2n) is 16.1. The number of hydrogen-bond donors (Lipinski definition) is 0. The van der Waals surface area contributed by atoms with E-state index in [0.29, 0.717) is 23.3 Å². The van der Waals surface area contributed by atoms with Crippen molar-refractivity contribution in [3.8, 4) is 34.1 Å². The SMILES string of the molecule is Cc1cc(Oc2[c-]c3c(cc2)c2ccccc2n3-c2cc(C)ccn2)[c-]c(-n2cc(-c3c(C4CCCCC4)c(C)c(C)c(C)c3C3CCCCC3)cn2)c1.[Pt+2]. The third kappa shape index (κ3) is 6.99. The Balaban J connectivity index is 0.00000427. The van der Waals surface area contributed by atoms with Crippen molar-refractivity contribution >= 4 is 21.8 Å². The molecule has 0 bridgehead atoms. The summed E-state index contributed by atoms with van der Waals surface area (Å²) >= 11 is 0. The zero-order valence-corrected chi connectivity index (χ0v) is 35.0. The van der Waals surface area contributed by atoms with E-state index in [9.17, 15) is 0 Å². The van der Waals surface area contributed by atoms with Gasteiger partial charge in [0.1, 0.15) is 5.82 Å². The van der Waals surface area contributed by atoms with Crippen LogP contribution >= 0.6 is 0 Å². The minimum atomic E-state index is 0. The third-order valence-corrected chi connectivity index (χ3v) is 12.5. The monoisotopic (exact) mass is 905 g/mol. The van der Waals surface area contributed by atoms with Crippen molar-refractivity contribution < 1.29 is 25.8 Å². The van der Waals surface area contributed by atoms with Crippen LogP contribution in [0, 0.1) is 46.8 Å². The molecular formula is C49H50N4OPt.